The third-order valence-corrected chi connectivity index (χ3v) is 7.08. The molecular weight excluding hydrogens is 490 g/mol. The van der Waals surface area contributed by atoms with E-state index in [1.807, 2.05) is 6.92 Å². The Kier molecular flexibility index (Phi) is 9.06. The molecule has 5 rings (SSSR count). The molecule has 2 aromatic heterocycles. The van der Waals surface area contributed by atoms with Crippen molar-refractivity contribution in [3.05, 3.63) is 59.7 Å². The van der Waals surface area contributed by atoms with Gasteiger partial charge < -0.3 is 20.3 Å². The lowest BCUT2D eigenvalue weighted by atomic mass is 10.0. The molecule has 0 radical (unpaired) electrons. The molecule has 2 atom stereocenters. The van der Waals surface area contributed by atoms with Crippen molar-refractivity contribution < 1.29 is 18.3 Å². The van der Waals surface area contributed by atoms with E-state index in [9.17, 15) is 13.6 Å². The van der Waals surface area contributed by atoms with Gasteiger partial charge in [-0.05, 0) is 69.0 Å². The summed E-state index contributed by atoms with van der Waals surface area (Å²) < 4.78 is 35.8. The predicted molar refractivity (Wildman–Crippen MR) is 143 cm³/mol. The van der Waals surface area contributed by atoms with E-state index >= 15 is 0 Å². The number of carbonyl (C=O) groups is 1. The van der Waals surface area contributed by atoms with Crippen LogP contribution in [0.4, 0.5) is 14.5 Å². The fraction of sp³-hybridized carbons (Fsp3) is 0.464. The van der Waals surface area contributed by atoms with Crippen LogP contribution in [0.25, 0.3) is 16.8 Å². The van der Waals surface area contributed by atoms with Crippen molar-refractivity contribution in [3.8, 4) is 16.8 Å². The molecule has 10 heteroatoms. The number of likely N-dealkylation sites (N-methyl/N-ethyl adjacent to an activating group) is 1. The van der Waals surface area contributed by atoms with Gasteiger partial charge in [-0.15, -0.1) is 0 Å². The van der Waals surface area contributed by atoms with Crippen LogP contribution in [0.3, 0.4) is 0 Å². The molecule has 204 valence electrons. The van der Waals surface area contributed by atoms with E-state index in [1.165, 1.54) is 25.1 Å². The van der Waals surface area contributed by atoms with Crippen molar-refractivity contribution >= 4 is 12.1 Å². The molecule has 2 fully saturated rings. The quantitative estimate of drug-likeness (QED) is 0.337. The lowest BCUT2D eigenvalue weighted by molar-refractivity contribution is -0.109. The largest absolute Gasteiger partial charge is 0.378 e. The highest BCUT2D eigenvalue weighted by Gasteiger charge is 2.28. The Labute approximate surface area is 222 Å². The Morgan fingerprint density at radius 1 is 1.13 bits per heavy atom. The minimum absolute atomic E-state index is 0.0460. The number of methoxy groups -OCH3 is 1. The zero-order valence-electron chi connectivity index (χ0n) is 22.4. The standard InChI is InChI=1S/C24H29F2N5O.C4H7NO/c1-5-30-7-6-21(23(14-30)32-4)29-18-10-19(24(26)27-12-18)17-11-28-31(13-17)22-9-15(2)20(25)8-16(22)3;6-3-5-4-1-2-4/h8-13,21,23,29H,5-7,14H2,1-4H3;3-4H,1-2H2,(H,5,6). The minimum atomic E-state index is -0.564. The summed E-state index contributed by atoms with van der Waals surface area (Å²) in [5.41, 5.74) is 3.73. The van der Waals surface area contributed by atoms with Crippen LogP contribution in [-0.4, -0.2) is 71.0 Å². The van der Waals surface area contributed by atoms with Crippen molar-refractivity contribution in [1.82, 2.24) is 25.0 Å². The van der Waals surface area contributed by atoms with Gasteiger partial charge in [0.25, 0.3) is 0 Å². The van der Waals surface area contributed by atoms with Crippen molar-refractivity contribution in [2.45, 2.75) is 58.2 Å². The molecule has 2 aliphatic rings. The lowest BCUT2D eigenvalue weighted by Gasteiger charge is -2.38. The van der Waals surface area contributed by atoms with Gasteiger partial charge in [0.1, 0.15) is 5.82 Å². The molecule has 8 nitrogen and oxygen atoms in total. The van der Waals surface area contributed by atoms with E-state index in [4.69, 9.17) is 4.74 Å². The number of ether oxygens (including phenoxy) is 1. The zero-order valence-corrected chi connectivity index (χ0v) is 22.4. The number of hydrogen-bond acceptors (Lipinski definition) is 6. The highest BCUT2D eigenvalue weighted by molar-refractivity contribution is 5.67. The molecule has 38 heavy (non-hydrogen) atoms. The van der Waals surface area contributed by atoms with Gasteiger partial charge in [-0.25, -0.2) is 14.1 Å². The molecule has 1 aromatic carbocycles. The van der Waals surface area contributed by atoms with Crippen molar-refractivity contribution in [1.29, 1.82) is 0 Å². The number of benzene rings is 1. The van der Waals surface area contributed by atoms with Gasteiger partial charge in [-0.2, -0.15) is 9.49 Å². The number of amides is 1. The molecule has 2 N–H and O–H groups in total. The molecule has 1 aliphatic carbocycles. The number of carbonyl (C=O) groups excluding carboxylic acids is 1. The van der Waals surface area contributed by atoms with Crippen molar-refractivity contribution in [2.24, 2.45) is 0 Å². The zero-order chi connectivity index (χ0) is 27.2. The SMILES string of the molecule is CCN1CCC(Nc2cnc(F)c(-c3cnn(-c4cc(C)c(F)cc4C)c3)c2)C(OC)C1.O=CNC1CC1. The maximum atomic E-state index is 14.6. The molecule has 3 aromatic rings. The van der Waals surface area contributed by atoms with E-state index < -0.39 is 5.95 Å². The van der Waals surface area contributed by atoms with Crippen LogP contribution >= 0.6 is 0 Å². The Bertz CT molecular complexity index is 1250. The number of aromatic nitrogens is 3. The summed E-state index contributed by atoms with van der Waals surface area (Å²) >= 11 is 0. The number of anilines is 1. The second-order valence-corrected chi connectivity index (χ2v) is 9.89. The van der Waals surface area contributed by atoms with Crippen LogP contribution in [0.5, 0.6) is 0 Å². The molecule has 2 unspecified atom stereocenters. The molecule has 0 spiro atoms. The lowest BCUT2D eigenvalue weighted by Crippen LogP contribution is -2.50. The van der Waals surface area contributed by atoms with Gasteiger partial charge >= 0.3 is 0 Å². The van der Waals surface area contributed by atoms with Gasteiger partial charge in [-0.3, -0.25) is 4.79 Å². The third-order valence-electron chi connectivity index (χ3n) is 7.08. The van der Waals surface area contributed by atoms with Crippen molar-refractivity contribution in [3.63, 3.8) is 0 Å². The average molecular weight is 527 g/mol. The number of hydrogen-bond donors (Lipinski definition) is 2. The molecular formula is C28H36F2N6O2. The van der Waals surface area contributed by atoms with Crippen LogP contribution in [0, 0.1) is 25.6 Å². The Morgan fingerprint density at radius 3 is 2.58 bits per heavy atom. The van der Waals surface area contributed by atoms with E-state index in [2.05, 4.69) is 32.5 Å². The second-order valence-electron chi connectivity index (χ2n) is 9.89. The maximum Gasteiger partial charge on any atom is 0.220 e. The van der Waals surface area contributed by atoms with Crippen LogP contribution in [0.2, 0.25) is 0 Å². The Morgan fingerprint density at radius 2 is 1.92 bits per heavy atom. The number of aryl methyl sites for hydroxylation is 2. The smallest absolute Gasteiger partial charge is 0.220 e. The Hall–Kier alpha value is -3.37. The number of likely N-dealkylation sites (tertiary alicyclic amines) is 1. The number of nitrogens with zero attached hydrogens (tertiary/aromatic N) is 4. The summed E-state index contributed by atoms with van der Waals surface area (Å²) in [5.74, 6) is -0.821. The number of halogens is 2. The molecule has 3 heterocycles. The monoisotopic (exact) mass is 526 g/mol. The summed E-state index contributed by atoms with van der Waals surface area (Å²) in [6.45, 7) is 8.51. The highest BCUT2D eigenvalue weighted by Crippen LogP contribution is 2.28. The van der Waals surface area contributed by atoms with Gasteiger partial charge in [0, 0.05) is 43.6 Å². The molecule has 1 saturated heterocycles. The van der Waals surface area contributed by atoms with E-state index in [-0.39, 0.29) is 18.0 Å². The Balaban J connectivity index is 0.000000494. The first kappa shape index (κ1) is 27.7. The van der Waals surface area contributed by atoms with Crippen LogP contribution in [-0.2, 0) is 9.53 Å². The fourth-order valence-corrected chi connectivity index (χ4v) is 4.57. The summed E-state index contributed by atoms with van der Waals surface area (Å²) in [4.78, 5) is 15.9. The number of piperidine rings is 1. The first-order valence-corrected chi connectivity index (χ1v) is 13.0. The van der Waals surface area contributed by atoms with Crippen LogP contribution in [0.1, 0.15) is 37.3 Å². The fourth-order valence-electron chi connectivity index (χ4n) is 4.57. The summed E-state index contributed by atoms with van der Waals surface area (Å²) in [6, 6.07) is 5.62. The number of nitrogens with one attached hydrogen (secondary N) is 2. The summed E-state index contributed by atoms with van der Waals surface area (Å²) in [5, 5.41) is 10.5. The van der Waals surface area contributed by atoms with Crippen molar-refractivity contribution in [2.75, 3.05) is 32.1 Å². The molecule has 0 bridgehead atoms. The average Bonchev–Trinajstić information content (AvgIpc) is 3.61. The summed E-state index contributed by atoms with van der Waals surface area (Å²) in [7, 11) is 1.72. The van der Waals surface area contributed by atoms with Gasteiger partial charge in [0.2, 0.25) is 12.4 Å². The van der Waals surface area contributed by atoms with Gasteiger partial charge in [0.15, 0.2) is 0 Å². The van der Waals surface area contributed by atoms with E-state index in [0.29, 0.717) is 22.7 Å². The second kappa shape index (κ2) is 12.4. The summed E-state index contributed by atoms with van der Waals surface area (Å²) in [6.07, 6.45) is 8.94. The van der Waals surface area contributed by atoms with E-state index in [1.54, 1.807) is 43.2 Å². The molecule has 1 saturated carbocycles. The first-order valence-electron chi connectivity index (χ1n) is 13.0. The number of pyridine rings is 1. The van der Waals surface area contributed by atoms with Crippen LogP contribution in [0.15, 0.2) is 36.8 Å². The molecule has 1 amide bonds. The van der Waals surface area contributed by atoms with E-state index in [0.717, 1.165) is 49.4 Å². The first-order chi connectivity index (χ1) is 18.3. The highest BCUT2D eigenvalue weighted by atomic mass is 19.1. The topological polar surface area (TPSA) is 84.3 Å². The predicted octanol–water partition coefficient (Wildman–Crippen LogP) is 4.25. The van der Waals surface area contributed by atoms with Crippen LogP contribution < -0.4 is 10.6 Å². The minimum Gasteiger partial charge on any atom is -0.378 e. The van der Waals surface area contributed by atoms with Gasteiger partial charge in [0.05, 0.1) is 35.9 Å². The molecule has 1 aliphatic heterocycles. The van der Waals surface area contributed by atoms with Gasteiger partial charge in [-0.1, -0.05) is 6.92 Å². The normalized spacial score (nSPS) is 19.4. The number of rotatable bonds is 8. The third kappa shape index (κ3) is 6.73. The maximum absolute atomic E-state index is 14.6.